The molecule has 0 aliphatic heterocycles. The van der Waals surface area contributed by atoms with E-state index in [0.29, 0.717) is 6.42 Å². The number of hydrogen-bond acceptors (Lipinski definition) is 0. The van der Waals surface area contributed by atoms with Gasteiger partial charge in [0, 0.05) is 0 Å². The fraction of sp³-hybridized carbons (Fsp3) is 0.700. The van der Waals surface area contributed by atoms with Crippen molar-refractivity contribution in [2.75, 3.05) is 0 Å². The first kappa shape index (κ1) is 25.1. The Morgan fingerprint density at radius 3 is 1.95 bits per heavy atom. The van der Waals surface area contributed by atoms with E-state index in [0.717, 1.165) is 31.3 Å². The standard InChI is InChI=1S/C15H27F.C3H6.C2H6/c1-5-7-8-9-15(16)12-14(4)11-10-13(3)6-2;1-3-2;1-2/h10-11,15H,5-9,12H2,1-4H3;3H,1H2,2H3;1-2H3/b13-10-,14-11+;;. The molecule has 1 atom stereocenters. The zero-order chi connectivity index (χ0) is 17.1. The summed E-state index contributed by atoms with van der Waals surface area (Å²) in [5.74, 6) is 0. The Balaban J connectivity index is -0.000000569. The van der Waals surface area contributed by atoms with Gasteiger partial charge in [-0.3, -0.25) is 0 Å². The van der Waals surface area contributed by atoms with E-state index in [1.807, 2.05) is 27.7 Å². The first-order chi connectivity index (χ1) is 10.0. The largest absolute Gasteiger partial charge is 0.247 e. The second-order valence-corrected chi connectivity index (χ2v) is 5.09. The molecule has 0 N–H and O–H groups in total. The normalized spacial score (nSPS) is 12.6. The Morgan fingerprint density at radius 1 is 1.05 bits per heavy atom. The maximum Gasteiger partial charge on any atom is 0.104 e. The molecule has 21 heavy (non-hydrogen) atoms. The summed E-state index contributed by atoms with van der Waals surface area (Å²) < 4.78 is 13.5. The number of allylic oxidation sites excluding steroid dienone is 5. The molecule has 0 amide bonds. The molecule has 0 heterocycles. The molecule has 126 valence electrons. The Bertz CT molecular complexity index is 261. The van der Waals surface area contributed by atoms with E-state index >= 15 is 0 Å². The van der Waals surface area contributed by atoms with Crippen LogP contribution in [0.25, 0.3) is 0 Å². The fourth-order valence-electron chi connectivity index (χ4n) is 1.54. The molecule has 0 aromatic carbocycles. The topological polar surface area (TPSA) is 0 Å². The van der Waals surface area contributed by atoms with Gasteiger partial charge in [-0.05, 0) is 40.0 Å². The number of unbranched alkanes of at least 4 members (excludes halogenated alkanes) is 2. The number of hydrogen-bond donors (Lipinski definition) is 0. The van der Waals surface area contributed by atoms with Gasteiger partial charge in [-0.25, -0.2) is 4.39 Å². The van der Waals surface area contributed by atoms with Crippen molar-refractivity contribution in [2.45, 2.75) is 93.2 Å². The van der Waals surface area contributed by atoms with Crippen LogP contribution >= 0.6 is 0 Å². The maximum atomic E-state index is 13.5. The smallest absolute Gasteiger partial charge is 0.104 e. The SMILES string of the molecule is C=CC.CC.CCCCCC(F)C/C(C)=C/C=C(/C)CC. The van der Waals surface area contributed by atoms with Crippen LogP contribution in [0.3, 0.4) is 0 Å². The highest BCUT2D eigenvalue weighted by atomic mass is 19.1. The molecule has 1 heteroatoms. The summed E-state index contributed by atoms with van der Waals surface area (Å²) in [5, 5.41) is 0. The molecular weight excluding hydrogens is 259 g/mol. The van der Waals surface area contributed by atoms with E-state index in [-0.39, 0.29) is 0 Å². The lowest BCUT2D eigenvalue weighted by Crippen LogP contribution is -2.00. The summed E-state index contributed by atoms with van der Waals surface area (Å²) in [6.45, 7) is 17.7. The van der Waals surface area contributed by atoms with Gasteiger partial charge in [-0.2, -0.15) is 0 Å². The van der Waals surface area contributed by atoms with Gasteiger partial charge in [0.25, 0.3) is 0 Å². The third kappa shape index (κ3) is 24.5. The van der Waals surface area contributed by atoms with Gasteiger partial charge in [0.15, 0.2) is 0 Å². The first-order valence-electron chi connectivity index (χ1n) is 8.55. The summed E-state index contributed by atoms with van der Waals surface area (Å²) in [6.07, 6.45) is 11.0. The Labute approximate surface area is 134 Å². The van der Waals surface area contributed by atoms with Gasteiger partial charge in [0.2, 0.25) is 0 Å². The van der Waals surface area contributed by atoms with Gasteiger partial charge in [-0.15, -0.1) is 6.58 Å². The van der Waals surface area contributed by atoms with Crippen molar-refractivity contribution in [3.63, 3.8) is 0 Å². The monoisotopic (exact) mass is 298 g/mol. The van der Waals surface area contributed by atoms with Gasteiger partial charge in [-0.1, -0.05) is 76.3 Å². The molecule has 0 radical (unpaired) electrons. The molecule has 0 bridgehead atoms. The molecule has 0 aromatic heterocycles. The second-order valence-electron chi connectivity index (χ2n) is 5.09. The molecule has 0 spiro atoms. The molecule has 0 saturated heterocycles. The highest BCUT2D eigenvalue weighted by Gasteiger charge is 2.06. The lowest BCUT2D eigenvalue weighted by Gasteiger charge is -2.07. The third-order valence-corrected chi connectivity index (χ3v) is 2.87. The van der Waals surface area contributed by atoms with Crippen molar-refractivity contribution in [3.8, 4) is 0 Å². The maximum absolute atomic E-state index is 13.5. The van der Waals surface area contributed by atoms with Crippen LogP contribution in [0.5, 0.6) is 0 Å². The lowest BCUT2D eigenvalue weighted by molar-refractivity contribution is 0.303. The van der Waals surface area contributed by atoms with Crippen molar-refractivity contribution in [1.29, 1.82) is 0 Å². The molecule has 0 rings (SSSR count). The number of alkyl halides is 1. The highest BCUT2D eigenvalue weighted by Crippen LogP contribution is 2.15. The summed E-state index contributed by atoms with van der Waals surface area (Å²) >= 11 is 0. The van der Waals surface area contributed by atoms with Crippen LogP contribution in [0.2, 0.25) is 0 Å². The van der Waals surface area contributed by atoms with E-state index in [4.69, 9.17) is 0 Å². The van der Waals surface area contributed by atoms with E-state index < -0.39 is 6.17 Å². The molecule has 0 nitrogen and oxygen atoms in total. The summed E-state index contributed by atoms with van der Waals surface area (Å²) in [7, 11) is 0. The zero-order valence-electron chi connectivity index (χ0n) is 15.6. The minimum absolute atomic E-state index is 0.594. The van der Waals surface area contributed by atoms with Crippen LogP contribution in [-0.4, -0.2) is 6.17 Å². The summed E-state index contributed by atoms with van der Waals surface area (Å²) in [4.78, 5) is 0. The summed E-state index contributed by atoms with van der Waals surface area (Å²) in [5.41, 5.74) is 2.50. The van der Waals surface area contributed by atoms with E-state index in [2.05, 4.69) is 39.5 Å². The van der Waals surface area contributed by atoms with Crippen LogP contribution in [0.15, 0.2) is 36.0 Å². The van der Waals surface area contributed by atoms with Crippen molar-refractivity contribution >= 4 is 0 Å². The lowest BCUT2D eigenvalue weighted by atomic mass is 10.0. The van der Waals surface area contributed by atoms with Crippen LogP contribution in [-0.2, 0) is 0 Å². The fourth-order valence-corrected chi connectivity index (χ4v) is 1.54. The van der Waals surface area contributed by atoms with Crippen molar-refractivity contribution in [2.24, 2.45) is 0 Å². The Morgan fingerprint density at radius 2 is 1.52 bits per heavy atom. The average Bonchev–Trinajstić information content (AvgIpc) is 2.48. The van der Waals surface area contributed by atoms with E-state index in [9.17, 15) is 4.39 Å². The van der Waals surface area contributed by atoms with Crippen LogP contribution in [0.1, 0.15) is 87.0 Å². The molecule has 0 fully saturated rings. The van der Waals surface area contributed by atoms with Gasteiger partial charge in [0.05, 0.1) is 0 Å². The zero-order valence-corrected chi connectivity index (χ0v) is 15.6. The van der Waals surface area contributed by atoms with Gasteiger partial charge in [0.1, 0.15) is 6.17 Å². The van der Waals surface area contributed by atoms with Crippen molar-refractivity contribution in [1.82, 2.24) is 0 Å². The summed E-state index contributed by atoms with van der Waals surface area (Å²) in [6, 6.07) is 0. The predicted octanol–water partition coefficient (Wildman–Crippen LogP) is 7.82. The van der Waals surface area contributed by atoms with Crippen LogP contribution in [0.4, 0.5) is 4.39 Å². The molecular formula is C20H39F. The quantitative estimate of drug-likeness (QED) is 0.243. The minimum Gasteiger partial charge on any atom is -0.247 e. The van der Waals surface area contributed by atoms with E-state index in [1.165, 1.54) is 12.0 Å². The first-order valence-corrected chi connectivity index (χ1v) is 8.55. The van der Waals surface area contributed by atoms with Crippen molar-refractivity contribution in [3.05, 3.63) is 36.0 Å². The third-order valence-electron chi connectivity index (χ3n) is 2.87. The minimum atomic E-state index is -0.655. The Kier molecular flexibility index (Phi) is 25.7. The van der Waals surface area contributed by atoms with E-state index in [1.54, 1.807) is 6.08 Å². The molecule has 0 aliphatic rings. The van der Waals surface area contributed by atoms with Gasteiger partial charge >= 0.3 is 0 Å². The number of rotatable bonds is 8. The van der Waals surface area contributed by atoms with Crippen LogP contribution < -0.4 is 0 Å². The van der Waals surface area contributed by atoms with Crippen molar-refractivity contribution < 1.29 is 4.39 Å². The number of halogens is 1. The molecule has 0 saturated carbocycles. The molecule has 0 aliphatic carbocycles. The second kappa shape index (κ2) is 21.4. The average molecular weight is 299 g/mol. The van der Waals surface area contributed by atoms with Crippen LogP contribution in [0, 0.1) is 0 Å². The predicted molar refractivity (Wildman–Crippen MR) is 98.7 cm³/mol. The highest BCUT2D eigenvalue weighted by molar-refractivity contribution is 5.15. The Hall–Kier alpha value is -0.850. The van der Waals surface area contributed by atoms with Gasteiger partial charge < -0.3 is 0 Å². The molecule has 0 aromatic rings. The molecule has 1 unspecified atom stereocenters.